The van der Waals surface area contributed by atoms with Gasteiger partial charge in [-0.15, -0.1) is 0 Å². The van der Waals surface area contributed by atoms with E-state index in [-0.39, 0.29) is 17.9 Å². The molecule has 2 aliphatic heterocycles. The van der Waals surface area contributed by atoms with Gasteiger partial charge in [-0.3, -0.25) is 4.79 Å². The fraction of sp³-hybridized carbons (Fsp3) is 0.560. The molecule has 1 aromatic carbocycles. The van der Waals surface area contributed by atoms with Crippen molar-refractivity contribution in [3.8, 4) is 5.69 Å². The Morgan fingerprint density at radius 2 is 1.76 bits per heavy atom. The third kappa shape index (κ3) is 5.39. The average Bonchev–Trinajstić information content (AvgIpc) is 3.25. The molecule has 4 rings (SSSR count). The molecular weight excluding hydrogens is 456 g/mol. The maximum atomic E-state index is 13.5. The molecule has 0 unspecified atom stereocenters. The van der Waals surface area contributed by atoms with Gasteiger partial charge in [0.15, 0.2) is 0 Å². The number of benzene rings is 1. The SMILES string of the molecule is Cc1ccc(-n2ncc(C(=O)N3CCOCC3)c2C2CCN(C(=O)OC(C)(C)C)CC2)cc1Cl. The number of carbonyl (C=O) groups is 2. The van der Waals surface area contributed by atoms with Crippen molar-refractivity contribution in [2.45, 2.75) is 52.1 Å². The fourth-order valence-corrected chi connectivity index (χ4v) is 4.61. The average molecular weight is 489 g/mol. The summed E-state index contributed by atoms with van der Waals surface area (Å²) in [6.45, 7) is 10.9. The van der Waals surface area contributed by atoms with Crippen LogP contribution in [0, 0.1) is 6.92 Å². The van der Waals surface area contributed by atoms with E-state index in [0.717, 1.165) is 16.9 Å². The van der Waals surface area contributed by atoms with E-state index in [9.17, 15) is 9.59 Å². The maximum absolute atomic E-state index is 13.5. The predicted molar refractivity (Wildman–Crippen MR) is 130 cm³/mol. The van der Waals surface area contributed by atoms with Crippen LogP contribution in [-0.4, -0.2) is 76.6 Å². The molecule has 2 fully saturated rings. The first-order valence-corrected chi connectivity index (χ1v) is 12.2. The number of hydrogen-bond donors (Lipinski definition) is 0. The van der Waals surface area contributed by atoms with Gasteiger partial charge in [0, 0.05) is 37.1 Å². The second-order valence-electron chi connectivity index (χ2n) is 9.94. The highest BCUT2D eigenvalue weighted by atomic mass is 35.5. The predicted octanol–water partition coefficient (Wildman–Crippen LogP) is 4.42. The molecule has 2 amide bonds. The summed E-state index contributed by atoms with van der Waals surface area (Å²) in [6, 6.07) is 5.81. The van der Waals surface area contributed by atoms with Crippen molar-refractivity contribution in [1.29, 1.82) is 0 Å². The molecule has 0 atom stereocenters. The Balaban J connectivity index is 1.63. The van der Waals surface area contributed by atoms with Crippen molar-refractivity contribution >= 4 is 23.6 Å². The largest absolute Gasteiger partial charge is 0.444 e. The zero-order valence-corrected chi connectivity index (χ0v) is 21.1. The van der Waals surface area contributed by atoms with Crippen LogP contribution >= 0.6 is 11.6 Å². The summed E-state index contributed by atoms with van der Waals surface area (Å²) < 4.78 is 12.8. The van der Waals surface area contributed by atoms with Gasteiger partial charge in [0.05, 0.1) is 36.4 Å². The van der Waals surface area contributed by atoms with Crippen LogP contribution in [0.2, 0.25) is 5.02 Å². The number of halogens is 1. The highest BCUT2D eigenvalue weighted by molar-refractivity contribution is 6.31. The minimum Gasteiger partial charge on any atom is -0.444 e. The molecule has 2 aromatic rings. The Bertz CT molecular complexity index is 1050. The lowest BCUT2D eigenvalue weighted by Crippen LogP contribution is -2.42. The number of rotatable bonds is 3. The topological polar surface area (TPSA) is 76.9 Å². The second kappa shape index (κ2) is 9.96. The molecule has 184 valence electrons. The summed E-state index contributed by atoms with van der Waals surface area (Å²) in [7, 11) is 0. The number of morpholine rings is 1. The molecule has 9 heteroatoms. The Labute approximate surface area is 205 Å². The number of nitrogens with zero attached hydrogens (tertiary/aromatic N) is 4. The Morgan fingerprint density at radius 3 is 2.38 bits per heavy atom. The molecule has 34 heavy (non-hydrogen) atoms. The van der Waals surface area contributed by atoms with Crippen molar-refractivity contribution in [3.63, 3.8) is 0 Å². The van der Waals surface area contributed by atoms with Gasteiger partial charge in [0.25, 0.3) is 5.91 Å². The van der Waals surface area contributed by atoms with Gasteiger partial charge in [-0.05, 0) is 58.2 Å². The zero-order valence-electron chi connectivity index (χ0n) is 20.3. The summed E-state index contributed by atoms with van der Waals surface area (Å²) in [5, 5.41) is 5.28. The van der Waals surface area contributed by atoms with Crippen molar-refractivity contribution in [3.05, 3.63) is 46.2 Å². The molecule has 8 nitrogen and oxygen atoms in total. The standard InChI is InChI=1S/C25H33ClN4O4/c1-17-5-6-19(15-21(17)26)30-22(20(16-27-30)23(31)28-11-13-33-14-12-28)18-7-9-29(10-8-18)24(32)34-25(2,3)4/h5-6,15-16,18H,7-14H2,1-4H3. The van der Waals surface area contributed by atoms with Gasteiger partial charge in [0.2, 0.25) is 0 Å². The Hall–Kier alpha value is -2.58. The first kappa shape index (κ1) is 24.5. The molecule has 0 N–H and O–H groups in total. The van der Waals surface area contributed by atoms with Crippen molar-refractivity contribution in [2.24, 2.45) is 0 Å². The van der Waals surface area contributed by atoms with Gasteiger partial charge in [-0.25, -0.2) is 9.48 Å². The third-order valence-corrected chi connectivity index (χ3v) is 6.68. The number of hydrogen-bond acceptors (Lipinski definition) is 5. The van der Waals surface area contributed by atoms with Crippen LogP contribution in [0.25, 0.3) is 5.69 Å². The maximum Gasteiger partial charge on any atom is 0.410 e. The zero-order chi connectivity index (χ0) is 24.5. The van der Waals surface area contributed by atoms with Crippen molar-refractivity contribution in [2.75, 3.05) is 39.4 Å². The first-order valence-electron chi connectivity index (χ1n) is 11.8. The lowest BCUT2D eigenvalue weighted by Gasteiger charge is -2.34. The normalized spacial score (nSPS) is 17.7. The first-order chi connectivity index (χ1) is 16.1. The number of carbonyl (C=O) groups excluding carboxylic acids is 2. The van der Waals surface area contributed by atoms with E-state index in [4.69, 9.17) is 21.1 Å². The van der Waals surface area contributed by atoms with E-state index >= 15 is 0 Å². The molecule has 0 radical (unpaired) electrons. The van der Waals surface area contributed by atoms with E-state index in [2.05, 4.69) is 5.10 Å². The minimum atomic E-state index is -0.533. The van der Waals surface area contributed by atoms with Crippen LogP contribution < -0.4 is 0 Å². The van der Waals surface area contributed by atoms with Crippen LogP contribution in [-0.2, 0) is 9.47 Å². The van der Waals surface area contributed by atoms with Crippen LogP contribution in [0.3, 0.4) is 0 Å². The van der Waals surface area contributed by atoms with Crippen LogP contribution in [0.5, 0.6) is 0 Å². The Kier molecular flexibility index (Phi) is 7.19. The molecule has 0 bridgehead atoms. The van der Waals surface area contributed by atoms with E-state index in [1.807, 2.05) is 55.5 Å². The molecule has 2 saturated heterocycles. The highest BCUT2D eigenvalue weighted by Gasteiger charge is 2.33. The minimum absolute atomic E-state index is 0.0302. The molecule has 0 spiro atoms. The summed E-state index contributed by atoms with van der Waals surface area (Å²) in [6.07, 6.45) is 2.80. The molecule has 2 aliphatic rings. The molecule has 1 aromatic heterocycles. The Morgan fingerprint density at radius 1 is 1.09 bits per heavy atom. The number of amides is 2. The van der Waals surface area contributed by atoms with Crippen LogP contribution in [0.4, 0.5) is 4.79 Å². The van der Waals surface area contributed by atoms with E-state index in [1.54, 1.807) is 11.1 Å². The van der Waals surface area contributed by atoms with Gasteiger partial charge >= 0.3 is 6.09 Å². The van der Waals surface area contributed by atoms with E-state index < -0.39 is 5.60 Å². The third-order valence-electron chi connectivity index (χ3n) is 6.27. The number of aryl methyl sites for hydroxylation is 1. The molecular formula is C25H33ClN4O4. The lowest BCUT2D eigenvalue weighted by molar-refractivity contribution is 0.0201. The van der Waals surface area contributed by atoms with Crippen LogP contribution in [0.15, 0.2) is 24.4 Å². The molecule has 3 heterocycles. The monoisotopic (exact) mass is 488 g/mol. The number of ether oxygens (including phenoxy) is 2. The summed E-state index contributed by atoms with van der Waals surface area (Å²) in [5.74, 6) is 0.0404. The lowest BCUT2D eigenvalue weighted by atomic mass is 9.90. The van der Waals surface area contributed by atoms with E-state index in [1.165, 1.54) is 0 Å². The number of piperidine rings is 1. The van der Waals surface area contributed by atoms with Gasteiger partial charge in [0.1, 0.15) is 5.60 Å². The van der Waals surface area contributed by atoms with Gasteiger partial charge in [-0.1, -0.05) is 17.7 Å². The highest BCUT2D eigenvalue weighted by Crippen LogP contribution is 2.34. The summed E-state index contributed by atoms with van der Waals surface area (Å²) in [4.78, 5) is 29.6. The number of aromatic nitrogens is 2. The molecule has 0 aliphatic carbocycles. The van der Waals surface area contributed by atoms with E-state index in [0.29, 0.717) is 62.8 Å². The van der Waals surface area contributed by atoms with Crippen molar-refractivity contribution < 1.29 is 19.1 Å². The van der Waals surface area contributed by atoms with Crippen LogP contribution in [0.1, 0.15) is 61.1 Å². The van der Waals surface area contributed by atoms with Gasteiger partial charge in [-0.2, -0.15) is 5.10 Å². The summed E-state index contributed by atoms with van der Waals surface area (Å²) in [5.41, 5.74) is 2.75. The second-order valence-corrected chi connectivity index (χ2v) is 10.3. The fourth-order valence-electron chi connectivity index (χ4n) is 4.43. The van der Waals surface area contributed by atoms with Gasteiger partial charge < -0.3 is 19.3 Å². The smallest absolute Gasteiger partial charge is 0.410 e. The molecule has 0 saturated carbocycles. The quantitative estimate of drug-likeness (QED) is 0.639. The number of likely N-dealkylation sites (tertiary alicyclic amines) is 1. The summed E-state index contributed by atoms with van der Waals surface area (Å²) >= 11 is 6.41. The van der Waals surface area contributed by atoms with Crippen molar-refractivity contribution in [1.82, 2.24) is 19.6 Å².